The summed E-state index contributed by atoms with van der Waals surface area (Å²) in [7, 11) is 0. The molecule has 0 spiro atoms. The first-order valence-corrected chi connectivity index (χ1v) is 11.4. The van der Waals surface area contributed by atoms with Crippen molar-refractivity contribution in [1.29, 1.82) is 0 Å². The number of β-amino-alcohol motifs (C(OH)–C–C–N with tert-alkyl or cyclic N) is 1. The molecule has 0 radical (unpaired) electrons. The second-order valence-corrected chi connectivity index (χ2v) is 9.26. The molecule has 2 aromatic rings. The first-order valence-electron chi connectivity index (χ1n) is 9.75. The molecular formula is C20H24F3N3OS2. The summed E-state index contributed by atoms with van der Waals surface area (Å²) < 4.78 is 39.8. The third-order valence-electron chi connectivity index (χ3n) is 5.39. The van der Waals surface area contributed by atoms with Gasteiger partial charge in [-0.15, -0.1) is 11.3 Å². The van der Waals surface area contributed by atoms with Gasteiger partial charge in [-0.1, -0.05) is 11.8 Å². The lowest BCUT2D eigenvalue weighted by Gasteiger charge is -2.35. The van der Waals surface area contributed by atoms with Crippen molar-refractivity contribution in [3.05, 3.63) is 35.2 Å². The van der Waals surface area contributed by atoms with Gasteiger partial charge in [0.15, 0.2) is 0 Å². The molecule has 0 amide bonds. The zero-order valence-corrected chi connectivity index (χ0v) is 17.6. The second kappa shape index (κ2) is 8.85. The lowest BCUT2D eigenvalue weighted by atomic mass is 10.1. The normalized spacial score (nSPS) is 18.0. The molecule has 1 saturated heterocycles. The molecular weight excluding hydrogens is 419 g/mol. The van der Waals surface area contributed by atoms with Crippen LogP contribution in [0, 0.1) is 0 Å². The summed E-state index contributed by atoms with van der Waals surface area (Å²) in [6.07, 6.45) is -3.45. The van der Waals surface area contributed by atoms with E-state index in [2.05, 4.69) is 14.7 Å². The third-order valence-corrected chi connectivity index (χ3v) is 7.57. The molecule has 2 aliphatic rings. The van der Waals surface area contributed by atoms with E-state index >= 15 is 0 Å². The maximum atomic E-state index is 13.3. The number of hydrogen-bond acceptors (Lipinski definition) is 6. The molecule has 9 heteroatoms. The Morgan fingerprint density at radius 1 is 0.931 bits per heavy atom. The largest absolute Gasteiger partial charge is 0.416 e. The molecule has 1 aromatic heterocycles. The first kappa shape index (κ1) is 21.0. The fourth-order valence-corrected chi connectivity index (χ4v) is 6.00. The Morgan fingerprint density at radius 2 is 1.66 bits per heavy atom. The van der Waals surface area contributed by atoms with Crippen molar-refractivity contribution in [3.8, 4) is 0 Å². The smallest absolute Gasteiger partial charge is 0.395 e. The molecule has 1 fully saturated rings. The Labute approximate surface area is 176 Å². The van der Waals surface area contributed by atoms with Gasteiger partial charge in [0, 0.05) is 49.1 Å². The van der Waals surface area contributed by atoms with Crippen LogP contribution in [0.5, 0.6) is 0 Å². The van der Waals surface area contributed by atoms with Gasteiger partial charge < -0.3 is 14.9 Å². The van der Waals surface area contributed by atoms with Gasteiger partial charge in [-0.2, -0.15) is 13.2 Å². The van der Waals surface area contributed by atoms with E-state index < -0.39 is 11.7 Å². The topological polar surface area (TPSA) is 30.0 Å². The van der Waals surface area contributed by atoms with Crippen LogP contribution in [0.15, 0.2) is 39.4 Å². The van der Waals surface area contributed by atoms with Crippen LogP contribution in [0.3, 0.4) is 0 Å². The van der Waals surface area contributed by atoms with E-state index in [1.54, 1.807) is 29.2 Å². The predicted octanol–water partition coefficient (Wildman–Crippen LogP) is 4.37. The van der Waals surface area contributed by atoms with Crippen molar-refractivity contribution >= 4 is 33.8 Å². The first-order chi connectivity index (χ1) is 14.0. The maximum Gasteiger partial charge on any atom is 0.416 e. The molecule has 29 heavy (non-hydrogen) atoms. The summed E-state index contributed by atoms with van der Waals surface area (Å²) >= 11 is 3.13. The number of hydrogen-bond donors (Lipinski definition) is 1. The van der Waals surface area contributed by atoms with E-state index in [1.165, 1.54) is 12.1 Å². The van der Waals surface area contributed by atoms with Crippen LogP contribution in [0.25, 0.3) is 0 Å². The van der Waals surface area contributed by atoms with Crippen LogP contribution in [-0.4, -0.2) is 67.3 Å². The lowest BCUT2D eigenvalue weighted by Crippen LogP contribution is -2.47. The highest BCUT2D eigenvalue weighted by atomic mass is 32.2. The number of fused-ring (bicyclic) bond motifs is 2. The van der Waals surface area contributed by atoms with Crippen LogP contribution in [0.4, 0.5) is 23.9 Å². The lowest BCUT2D eigenvalue weighted by molar-refractivity contribution is -0.137. The standard InChI is InChI=1S/C20H24F3N3OS2/c21-20(22,23)15-2-3-17-16(14-15)26(19-18(29-17)4-13-28-19)6-1-5-24-7-9-25(10-8-24)11-12-27/h2-4,13-14,27H,1,5-12H2. The quantitative estimate of drug-likeness (QED) is 0.716. The second-order valence-electron chi connectivity index (χ2n) is 7.28. The maximum absolute atomic E-state index is 13.3. The molecule has 158 valence electrons. The van der Waals surface area contributed by atoms with Crippen molar-refractivity contribution in [1.82, 2.24) is 9.80 Å². The molecule has 0 atom stereocenters. The molecule has 0 saturated carbocycles. The monoisotopic (exact) mass is 443 g/mol. The van der Waals surface area contributed by atoms with Crippen LogP contribution in [0.1, 0.15) is 12.0 Å². The van der Waals surface area contributed by atoms with Crippen LogP contribution < -0.4 is 4.90 Å². The number of thiophene rings is 1. The zero-order valence-electron chi connectivity index (χ0n) is 16.0. The average Bonchev–Trinajstić information content (AvgIpc) is 3.16. The highest BCUT2D eigenvalue weighted by Gasteiger charge is 2.33. The molecule has 0 bridgehead atoms. The van der Waals surface area contributed by atoms with Gasteiger partial charge >= 0.3 is 6.18 Å². The highest BCUT2D eigenvalue weighted by Crippen LogP contribution is 2.51. The number of aliphatic hydroxyl groups is 1. The zero-order chi connectivity index (χ0) is 20.4. The van der Waals surface area contributed by atoms with Crippen LogP contribution >= 0.6 is 23.1 Å². The molecule has 0 aliphatic carbocycles. The van der Waals surface area contributed by atoms with E-state index in [4.69, 9.17) is 5.11 Å². The van der Waals surface area contributed by atoms with Gasteiger partial charge in [0.1, 0.15) is 5.00 Å². The highest BCUT2D eigenvalue weighted by molar-refractivity contribution is 8.00. The van der Waals surface area contributed by atoms with Crippen molar-refractivity contribution in [3.63, 3.8) is 0 Å². The number of piperazine rings is 1. The fraction of sp³-hybridized carbons (Fsp3) is 0.500. The van der Waals surface area contributed by atoms with Gasteiger partial charge in [-0.05, 0) is 42.6 Å². The summed E-state index contributed by atoms with van der Waals surface area (Å²) in [5, 5.41) is 12.1. The number of alkyl halides is 3. The van der Waals surface area contributed by atoms with Gasteiger partial charge in [0.25, 0.3) is 0 Å². The minimum atomic E-state index is -4.34. The average molecular weight is 444 g/mol. The molecule has 1 aromatic carbocycles. The van der Waals surface area contributed by atoms with E-state index in [0.717, 1.165) is 60.5 Å². The summed E-state index contributed by atoms with van der Waals surface area (Å²) in [6, 6.07) is 6.10. The van der Waals surface area contributed by atoms with E-state index in [9.17, 15) is 13.2 Å². The summed E-state index contributed by atoms with van der Waals surface area (Å²) in [5.74, 6) is 0. The Bertz CT molecular complexity index is 835. The summed E-state index contributed by atoms with van der Waals surface area (Å²) in [6.45, 7) is 6.37. The minimum absolute atomic E-state index is 0.190. The molecule has 3 heterocycles. The number of halogens is 3. The van der Waals surface area contributed by atoms with E-state index in [0.29, 0.717) is 12.2 Å². The Hall–Kier alpha value is -1.26. The molecule has 2 aliphatic heterocycles. The predicted molar refractivity (Wildman–Crippen MR) is 111 cm³/mol. The minimum Gasteiger partial charge on any atom is -0.395 e. The van der Waals surface area contributed by atoms with Crippen LogP contribution in [0.2, 0.25) is 0 Å². The van der Waals surface area contributed by atoms with Crippen molar-refractivity contribution in [2.75, 3.05) is 57.3 Å². The van der Waals surface area contributed by atoms with Gasteiger partial charge in [-0.3, -0.25) is 4.90 Å². The SMILES string of the molecule is OCCN1CCN(CCCN2c3cc(C(F)(F)F)ccc3Sc3ccsc32)CC1. The summed E-state index contributed by atoms with van der Waals surface area (Å²) in [4.78, 5) is 8.70. The number of anilines is 2. The third kappa shape index (κ3) is 4.74. The van der Waals surface area contributed by atoms with Gasteiger partial charge in [0.05, 0.1) is 17.9 Å². The number of aliphatic hydroxyl groups excluding tert-OH is 1. The Balaban J connectivity index is 1.44. The Morgan fingerprint density at radius 3 is 2.34 bits per heavy atom. The number of nitrogens with zero attached hydrogens (tertiary/aromatic N) is 3. The molecule has 4 rings (SSSR count). The number of benzene rings is 1. The molecule has 4 nitrogen and oxygen atoms in total. The van der Waals surface area contributed by atoms with E-state index in [-0.39, 0.29) is 6.61 Å². The Kier molecular flexibility index (Phi) is 6.41. The number of rotatable bonds is 6. The van der Waals surface area contributed by atoms with Crippen LogP contribution in [-0.2, 0) is 6.18 Å². The van der Waals surface area contributed by atoms with Gasteiger partial charge in [0.2, 0.25) is 0 Å². The molecule has 0 unspecified atom stereocenters. The van der Waals surface area contributed by atoms with E-state index in [1.807, 2.05) is 11.4 Å². The van der Waals surface area contributed by atoms with Crippen molar-refractivity contribution in [2.45, 2.75) is 22.4 Å². The summed E-state index contributed by atoms with van der Waals surface area (Å²) in [5.41, 5.74) is 0.0643. The molecule has 1 N–H and O–H groups in total. The van der Waals surface area contributed by atoms with Crippen molar-refractivity contribution < 1.29 is 18.3 Å². The van der Waals surface area contributed by atoms with Gasteiger partial charge in [-0.25, -0.2) is 0 Å². The fourth-order valence-electron chi connectivity index (χ4n) is 3.84. The van der Waals surface area contributed by atoms with Crippen molar-refractivity contribution in [2.24, 2.45) is 0 Å².